The Kier molecular flexibility index (Phi) is 4.44. The number of pyridine rings is 1. The summed E-state index contributed by atoms with van der Waals surface area (Å²) in [6, 6.07) is 11.7. The number of anilines is 1. The van der Waals surface area contributed by atoms with Crippen molar-refractivity contribution in [2.24, 2.45) is 0 Å². The van der Waals surface area contributed by atoms with Crippen LogP contribution in [0.5, 0.6) is 0 Å². The zero-order valence-corrected chi connectivity index (χ0v) is 14.7. The third-order valence-electron chi connectivity index (χ3n) is 3.67. The molecule has 0 aliphatic carbocycles. The van der Waals surface area contributed by atoms with Crippen molar-refractivity contribution < 1.29 is 4.79 Å². The minimum atomic E-state index is -0.199. The molecule has 0 atom stereocenters. The highest BCUT2D eigenvalue weighted by Gasteiger charge is 2.15. The Morgan fingerprint density at radius 1 is 1.04 bits per heavy atom. The molecule has 0 radical (unpaired) electrons. The van der Waals surface area contributed by atoms with Crippen LogP contribution in [-0.2, 0) is 5.41 Å². The van der Waals surface area contributed by atoms with E-state index in [1.54, 1.807) is 17.8 Å². The Morgan fingerprint density at radius 3 is 2.33 bits per heavy atom. The molecule has 0 aliphatic rings. The predicted octanol–water partition coefficient (Wildman–Crippen LogP) is 4.75. The Morgan fingerprint density at radius 2 is 1.71 bits per heavy atom. The van der Waals surface area contributed by atoms with Gasteiger partial charge in [-0.1, -0.05) is 32.9 Å². The number of thiazole rings is 1. The number of nitrogens with one attached hydrogen (secondary N) is 1. The third kappa shape index (κ3) is 3.68. The Balaban J connectivity index is 1.73. The van der Waals surface area contributed by atoms with Gasteiger partial charge < -0.3 is 5.32 Å². The van der Waals surface area contributed by atoms with Crippen LogP contribution in [0.25, 0.3) is 10.6 Å². The molecule has 2 heterocycles. The van der Waals surface area contributed by atoms with Crippen LogP contribution in [0.4, 0.5) is 5.69 Å². The molecule has 4 nitrogen and oxygen atoms in total. The van der Waals surface area contributed by atoms with E-state index in [0.29, 0.717) is 5.69 Å². The van der Waals surface area contributed by atoms with Gasteiger partial charge in [0.15, 0.2) is 0 Å². The van der Waals surface area contributed by atoms with Gasteiger partial charge in [0.25, 0.3) is 5.91 Å². The summed E-state index contributed by atoms with van der Waals surface area (Å²) in [5, 5.41) is 5.48. The standard InChI is InChI=1S/C19H19N3OS/c1-19(2,3)14-4-6-15(7-5-14)21-17(23)16-12-24-18(22-16)13-8-10-20-11-9-13/h4-12H,1-3H3,(H,21,23). The lowest BCUT2D eigenvalue weighted by atomic mass is 9.87. The molecule has 1 aromatic carbocycles. The van der Waals surface area contributed by atoms with Gasteiger partial charge in [-0.3, -0.25) is 9.78 Å². The first-order valence-corrected chi connectivity index (χ1v) is 8.59. The van der Waals surface area contributed by atoms with Crippen LogP contribution >= 0.6 is 11.3 Å². The molecule has 1 amide bonds. The molecule has 0 saturated heterocycles. The van der Waals surface area contributed by atoms with E-state index in [4.69, 9.17) is 0 Å². The summed E-state index contributed by atoms with van der Waals surface area (Å²) in [6.45, 7) is 6.49. The summed E-state index contributed by atoms with van der Waals surface area (Å²) >= 11 is 1.45. The number of carbonyl (C=O) groups excluding carboxylic acids is 1. The Labute approximate surface area is 145 Å². The topological polar surface area (TPSA) is 54.9 Å². The van der Waals surface area contributed by atoms with Crippen molar-refractivity contribution in [3.63, 3.8) is 0 Å². The second-order valence-electron chi connectivity index (χ2n) is 6.56. The van der Waals surface area contributed by atoms with Gasteiger partial charge in [-0.15, -0.1) is 11.3 Å². The van der Waals surface area contributed by atoms with E-state index < -0.39 is 0 Å². The first-order chi connectivity index (χ1) is 11.4. The summed E-state index contributed by atoms with van der Waals surface area (Å²) in [6.07, 6.45) is 3.43. The predicted molar refractivity (Wildman–Crippen MR) is 98.4 cm³/mol. The van der Waals surface area contributed by atoms with Gasteiger partial charge >= 0.3 is 0 Å². The molecule has 0 unspecified atom stereocenters. The number of carbonyl (C=O) groups is 1. The van der Waals surface area contributed by atoms with Crippen LogP contribution in [0.2, 0.25) is 0 Å². The van der Waals surface area contributed by atoms with E-state index in [-0.39, 0.29) is 11.3 Å². The number of amides is 1. The molecule has 0 spiro atoms. The average Bonchev–Trinajstić information content (AvgIpc) is 3.05. The molecule has 3 aromatic rings. The lowest BCUT2D eigenvalue weighted by Gasteiger charge is -2.19. The van der Waals surface area contributed by atoms with Gasteiger partial charge in [-0.2, -0.15) is 0 Å². The molecule has 0 bridgehead atoms. The first-order valence-electron chi connectivity index (χ1n) is 7.71. The van der Waals surface area contributed by atoms with E-state index in [0.717, 1.165) is 16.3 Å². The quantitative estimate of drug-likeness (QED) is 0.750. The SMILES string of the molecule is CC(C)(C)c1ccc(NC(=O)c2csc(-c3ccncc3)n2)cc1. The fourth-order valence-electron chi connectivity index (χ4n) is 2.25. The van der Waals surface area contributed by atoms with Crippen molar-refractivity contribution in [2.45, 2.75) is 26.2 Å². The Bertz CT molecular complexity index is 833. The van der Waals surface area contributed by atoms with Crippen LogP contribution in [0.15, 0.2) is 54.2 Å². The molecule has 24 heavy (non-hydrogen) atoms. The molecule has 5 heteroatoms. The second kappa shape index (κ2) is 6.53. The maximum absolute atomic E-state index is 12.4. The van der Waals surface area contributed by atoms with Gasteiger partial charge in [-0.25, -0.2) is 4.98 Å². The maximum atomic E-state index is 12.4. The minimum Gasteiger partial charge on any atom is -0.321 e. The van der Waals surface area contributed by atoms with Crippen molar-refractivity contribution in [1.29, 1.82) is 0 Å². The molecule has 3 rings (SSSR count). The van der Waals surface area contributed by atoms with Crippen molar-refractivity contribution in [1.82, 2.24) is 9.97 Å². The van der Waals surface area contributed by atoms with Crippen molar-refractivity contribution in [3.8, 4) is 10.6 Å². The van der Waals surface area contributed by atoms with Crippen molar-refractivity contribution in [3.05, 3.63) is 65.4 Å². The van der Waals surface area contributed by atoms with E-state index >= 15 is 0 Å². The van der Waals surface area contributed by atoms with E-state index in [1.165, 1.54) is 16.9 Å². The molecule has 0 fully saturated rings. The van der Waals surface area contributed by atoms with Crippen molar-refractivity contribution >= 4 is 22.9 Å². The van der Waals surface area contributed by atoms with Gasteiger partial charge in [0, 0.05) is 29.0 Å². The number of hydrogen-bond acceptors (Lipinski definition) is 4. The second-order valence-corrected chi connectivity index (χ2v) is 7.41. The largest absolute Gasteiger partial charge is 0.321 e. The molecule has 2 aromatic heterocycles. The molecule has 0 saturated carbocycles. The lowest BCUT2D eigenvalue weighted by Crippen LogP contribution is -2.14. The highest BCUT2D eigenvalue weighted by molar-refractivity contribution is 7.13. The van der Waals surface area contributed by atoms with E-state index in [9.17, 15) is 4.79 Å². The van der Waals surface area contributed by atoms with Gasteiger partial charge in [-0.05, 0) is 35.2 Å². The van der Waals surface area contributed by atoms with Gasteiger partial charge in [0.05, 0.1) is 0 Å². The summed E-state index contributed by atoms with van der Waals surface area (Å²) in [5.74, 6) is -0.199. The summed E-state index contributed by atoms with van der Waals surface area (Å²) in [4.78, 5) is 20.8. The molecular formula is C19H19N3OS. The van der Waals surface area contributed by atoms with Crippen LogP contribution in [0, 0.1) is 0 Å². The van der Waals surface area contributed by atoms with Gasteiger partial charge in [0.2, 0.25) is 0 Å². The average molecular weight is 337 g/mol. The summed E-state index contributed by atoms with van der Waals surface area (Å²) in [7, 11) is 0. The van der Waals surface area contributed by atoms with Crippen LogP contribution < -0.4 is 5.32 Å². The molecule has 1 N–H and O–H groups in total. The normalized spacial score (nSPS) is 11.3. The fraction of sp³-hybridized carbons (Fsp3) is 0.211. The summed E-state index contributed by atoms with van der Waals surface area (Å²) in [5.41, 5.74) is 3.48. The molecular weight excluding hydrogens is 318 g/mol. The smallest absolute Gasteiger partial charge is 0.275 e. The van der Waals surface area contributed by atoms with Crippen LogP contribution in [0.3, 0.4) is 0 Å². The minimum absolute atomic E-state index is 0.0941. The highest BCUT2D eigenvalue weighted by Crippen LogP contribution is 2.25. The third-order valence-corrected chi connectivity index (χ3v) is 4.56. The number of benzene rings is 1. The van der Waals surface area contributed by atoms with E-state index in [2.05, 4.69) is 36.1 Å². The maximum Gasteiger partial charge on any atom is 0.275 e. The number of rotatable bonds is 3. The monoisotopic (exact) mass is 337 g/mol. The van der Waals surface area contributed by atoms with E-state index in [1.807, 2.05) is 36.4 Å². The summed E-state index contributed by atoms with van der Waals surface area (Å²) < 4.78 is 0. The Hall–Kier alpha value is -2.53. The molecule has 122 valence electrons. The zero-order valence-electron chi connectivity index (χ0n) is 13.9. The lowest BCUT2D eigenvalue weighted by molar-refractivity contribution is 0.102. The number of nitrogens with zero attached hydrogens (tertiary/aromatic N) is 2. The van der Waals surface area contributed by atoms with Crippen LogP contribution in [0.1, 0.15) is 36.8 Å². The fourth-order valence-corrected chi connectivity index (χ4v) is 3.06. The number of hydrogen-bond donors (Lipinski definition) is 1. The van der Waals surface area contributed by atoms with Crippen molar-refractivity contribution in [2.75, 3.05) is 5.32 Å². The van der Waals surface area contributed by atoms with Gasteiger partial charge in [0.1, 0.15) is 10.7 Å². The zero-order chi connectivity index (χ0) is 17.2. The highest BCUT2D eigenvalue weighted by atomic mass is 32.1. The number of aromatic nitrogens is 2. The molecule has 0 aliphatic heterocycles. The van der Waals surface area contributed by atoms with Crippen LogP contribution in [-0.4, -0.2) is 15.9 Å². The first kappa shape index (κ1) is 16.3.